The van der Waals surface area contributed by atoms with Crippen molar-refractivity contribution in [2.75, 3.05) is 13.1 Å². The SMILES string of the molecule is Cc1cc2c(s1)CCN=C2c1ccccc1.Cc1ccc(CCNC(=O)c2ccccc2)s1.O=P(Cl)(Cl)Cl. The van der Waals surface area contributed by atoms with Crippen molar-refractivity contribution in [3.05, 3.63) is 115 Å². The maximum absolute atomic E-state index is 11.7. The van der Waals surface area contributed by atoms with E-state index in [-0.39, 0.29) is 5.91 Å². The third-order valence-electron chi connectivity index (χ3n) is 5.33. The molecule has 4 nitrogen and oxygen atoms in total. The predicted octanol–water partition coefficient (Wildman–Crippen LogP) is 9.29. The van der Waals surface area contributed by atoms with E-state index in [1.807, 2.05) is 47.7 Å². The molecule has 2 aromatic heterocycles. The molecule has 5 rings (SSSR count). The van der Waals surface area contributed by atoms with Crippen LogP contribution in [0, 0.1) is 13.8 Å². The van der Waals surface area contributed by atoms with Gasteiger partial charge in [-0.2, -0.15) is 0 Å². The van der Waals surface area contributed by atoms with Gasteiger partial charge in [0.2, 0.25) is 0 Å². The van der Waals surface area contributed by atoms with E-state index in [0.29, 0.717) is 6.54 Å². The number of benzene rings is 2. The van der Waals surface area contributed by atoms with Gasteiger partial charge >= 0.3 is 5.20 Å². The highest BCUT2D eigenvalue weighted by Crippen LogP contribution is 2.61. The van der Waals surface area contributed by atoms with Crippen LogP contribution in [0.3, 0.4) is 0 Å². The van der Waals surface area contributed by atoms with Gasteiger partial charge in [-0.1, -0.05) is 48.5 Å². The predicted molar refractivity (Wildman–Crippen MR) is 166 cm³/mol. The first-order chi connectivity index (χ1) is 18.1. The summed E-state index contributed by atoms with van der Waals surface area (Å²) in [6.07, 6.45) is 2.00. The molecule has 10 heteroatoms. The average molecular weight is 626 g/mol. The number of nitrogens with one attached hydrogen (secondary N) is 1. The molecule has 0 atom stereocenters. The molecule has 38 heavy (non-hydrogen) atoms. The molecule has 0 radical (unpaired) electrons. The number of aliphatic imine (C=N–C) groups is 1. The molecule has 0 aliphatic carbocycles. The molecule has 200 valence electrons. The second kappa shape index (κ2) is 15.0. The van der Waals surface area contributed by atoms with Crippen molar-refractivity contribution in [1.82, 2.24) is 5.32 Å². The zero-order chi connectivity index (χ0) is 27.5. The van der Waals surface area contributed by atoms with E-state index in [0.717, 1.165) is 24.9 Å². The summed E-state index contributed by atoms with van der Waals surface area (Å²) < 4.78 is 9.51. The monoisotopic (exact) mass is 624 g/mol. The molecule has 1 amide bonds. The lowest BCUT2D eigenvalue weighted by Gasteiger charge is -2.12. The van der Waals surface area contributed by atoms with Gasteiger partial charge < -0.3 is 5.32 Å². The number of amides is 1. The maximum atomic E-state index is 11.7. The van der Waals surface area contributed by atoms with Crippen molar-refractivity contribution in [3.8, 4) is 0 Å². The van der Waals surface area contributed by atoms with E-state index in [4.69, 9.17) is 0 Å². The van der Waals surface area contributed by atoms with Crippen LogP contribution in [-0.2, 0) is 17.4 Å². The van der Waals surface area contributed by atoms with Crippen LogP contribution in [-0.4, -0.2) is 24.7 Å². The van der Waals surface area contributed by atoms with E-state index in [1.54, 1.807) is 11.3 Å². The molecule has 1 N–H and O–H groups in total. The summed E-state index contributed by atoms with van der Waals surface area (Å²) in [7, 11) is 0. The summed E-state index contributed by atoms with van der Waals surface area (Å²) in [5, 5.41) is -0.298. The highest BCUT2D eigenvalue weighted by molar-refractivity contribution is 8.24. The minimum atomic E-state index is -3.22. The van der Waals surface area contributed by atoms with Crippen LogP contribution in [0.15, 0.2) is 83.9 Å². The highest BCUT2D eigenvalue weighted by Gasteiger charge is 2.17. The van der Waals surface area contributed by atoms with E-state index in [1.165, 1.54) is 36.3 Å². The standard InChI is InChI=1S/C14H15NOS.C14H13NS.Cl3OP/c1-11-7-8-13(17-11)9-10-15-14(16)12-5-3-2-4-6-12;1-10-9-12-13(16-10)7-8-15-14(12)11-5-3-2-4-6-11;1-5(2,3)4/h2-8H,9-10H2,1H3,(H,15,16);2-6,9H,7-8H2,1H3;. The first-order valence-corrected chi connectivity index (χ1v) is 17.9. The van der Waals surface area contributed by atoms with Crippen LogP contribution < -0.4 is 5.32 Å². The Bertz CT molecular complexity index is 1390. The first-order valence-electron chi connectivity index (χ1n) is 11.9. The van der Waals surface area contributed by atoms with E-state index in [2.05, 4.69) is 100 Å². The Morgan fingerprint density at radius 2 is 1.55 bits per heavy atom. The lowest BCUT2D eigenvalue weighted by Crippen LogP contribution is -2.25. The molecule has 1 aliphatic heterocycles. The van der Waals surface area contributed by atoms with Crippen LogP contribution in [0.5, 0.6) is 0 Å². The number of rotatable bonds is 5. The lowest BCUT2D eigenvalue weighted by molar-refractivity contribution is 0.0954. The molecular weight excluding hydrogens is 598 g/mol. The molecular formula is C28H28Cl3N2O2PS2. The molecule has 0 saturated carbocycles. The average Bonchev–Trinajstić information content (AvgIpc) is 3.48. The summed E-state index contributed by atoms with van der Waals surface area (Å²) >= 11 is 17.5. The number of nitrogens with zero attached hydrogens (tertiary/aromatic N) is 1. The number of halogens is 3. The Morgan fingerprint density at radius 1 is 0.921 bits per heavy atom. The minimum absolute atomic E-state index is 0.00104. The molecule has 1 aliphatic rings. The van der Waals surface area contributed by atoms with E-state index in [9.17, 15) is 9.36 Å². The van der Waals surface area contributed by atoms with Gasteiger partial charge in [0.1, 0.15) is 0 Å². The number of aryl methyl sites for hydroxylation is 2. The number of hydrogen-bond donors (Lipinski definition) is 1. The zero-order valence-corrected chi connectivity index (χ0v) is 25.8. The summed E-state index contributed by atoms with van der Waals surface area (Å²) in [6, 6.07) is 26.3. The van der Waals surface area contributed by atoms with Crippen LogP contribution in [0.1, 0.15) is 41.0 Å². The van der Waals surface area contributed by atoms with E-state index >= 15 is 0 Å². The van der Waals surface area contributed by atoms with Gasteiger partial charge in [-0.3, -0.25) is 14.4 Å². The molecule has 0 saturated heterocycles. The zero-order valence-electron chi connectivity index (χ0n) is 21.0. The van der Waals surface area contributed by atoms with Crippen LogP contribution in [0.25, 0.3) is 0 Å². The second-order valence-corrected chi connectivity index (χ2v) is 17.7. The lowest BCUT2D eigenvalue weighted by atomic mass is 9.99. The molecule has 0 unspecified atom stereocenters. The summed E-state index contributed by atoms with van der Waals surface area (Å²) in [6.45, 7) is 5.88. The van der Waals surface area contributed by atoms with Crippen molar-refractivity contribution < 1.29 is 9.36 Å². The molecule has 2 aromatic carbocycles. The van der Waals surface area contributed by atoms with Crippen molar-refractivity contribution in [2.24, 2.45) is 4.99 Å². The summed E-state index contributed by atoms with van der Waals surface area (Å²) in [5.74, 6) is -0.00104. The Balaban J connectivity index is 0.000000180. The second-order valence-electron chi connectivity index (χ2n) is 8.32. The summed E-state index contributed by atoms with van der Waals surface area (Å²) in [5.41, 5.74) is 4.47. The van der Waals surface area contributed by atoms with Crippen molar-refractivity contribution in [3.63, 3.8) is 0 Å². The molecule has 0 spiro atoms. The third-order valence-corrected chi connectivity index (χ3v) is 7.50. The normalized spacial score (nSPS) is 12.2. The van der Waals surface area contributed by atoms with Gasteiger partial charge in [0.05, 0.1) is 5.71 Å². The van der Waals surface area contributed by atoms with Crippen molar-refractivity contribution in [2.45, 2.75) is 26.7 Å². The van der Waals surface area contributed by atoms with E-state index < -0.39 is 5.20 Å². The molecule has 0 fully saturated rings. The van der Waals surface area contributed by atoms with Gasteiger partial charge in [0, 0.05) is 55.7 Å². The van der Waals surface area contributed by atoms with Gasteiger partial charge in [-0.15, -0.1) is 22.7 Å². The maximum Gasteiger partial charge on any atom is 0.339 e. The Morgan fingerprint density at radius 3 is 2.16 bits per heavy atom. The third kappa shape index (κ3) is 10.7. The fourth-order valence-corrected chi connectivity index (χ4v) is 5.67. The van der Waals surface area contributed by atoms with Gasteiger partial charge in [0.15, 0.2) is 0 Å². The molecule has 0 bridgehead atoms. The number of carbonyl (C=O) groups is 1. The quantitative estimate of drug-likeness (QED) is 0.225. The molecule has 4 aromatic rings. The number of hydrogen-bond acceptors (Lipinski definition) is 5. The fourth-order valence-electron chi connectivity index (χ4n) is 3.76. The van der Waals surface area contributed by atoms with Gasteiger partial charge in [-0.25, -0.2) is 0 Å². The minimum Gasteiger partial charge on any atom is -0.352 e. The van der Waals surface area contributed by atoms with Crippen molar-refractivity contribution in [1.29, 1.82) is 0 Å². The van der Waals surface area contributed by atoms with Crippen molar-refractivity contribution >= 4 is 73.2 Å². The van der Waals surface area contributed by atoms with Crippen LogP contribution >= 0.6 is 61.6 Å². The highest BCUT2D eigenvalue weighted by atomic mass is 36.0. The Kier molecular flexibility index (Phi) is 12.1. The van der Waals surface area contributed by atoms with Crippen LogP contribution in [0.2, 0.25) is 0 Å². The number of thiophene rings is 2. The molecule has 3 heterocycles. The Hall–Kier alpha value is -1.92. The smallest absolute Gasteiger partial charge is 0.339 e. The van der Waals surface area contributed by atoms with Gasteiger partial charge in [0.25, 0.3) is 5.91 Å². The largest absolute Gasteiger partial charge is 0.352 e. The number of carbonyl (C=O) groups excluding carboxylic acids is 1. The fraction of sp³-hybridized carbons (Fsp3) is 0.214. The topological polar surface area (TPSA) is 58.5 Å². The Labute approximate surface area is 246 Å². The van der Waals surface area contributed by atoms with Gasteiger partial charge in [-0.05, 0) is 84.3 Å². The van der Waals surface area contributed by atoms with Crippen LogP contribution in [0.4, 0.5) is 0 Å². The first kappa shape index (κ1) is 30.6. The number of fused-ring (bicyclic) bond motifs is 1. The summed E-state index contributed by atoms with van der Waals surface area (Å²) in [4.78, 5) is 21.9.